The van der Waals surface area contributed by atoms with Crippen LogP contribution in [-0.4, -0.2) is 10.7 Å². The molecule has 120 valence electrons. The molecule has 0 saturated carbocycles. The van der Waals surface area contributed by atoms with Crippen molar-refractivity contribution >= 4 is 11.8 Å². The Bertz CT molecular complexity index is 851. The average Bonchev–Trinajstić information content (AvgIpc) is 2.59. The fourth-order valence-electron chi connectivity index (χ4n) is 2.19. The number of hydrogen-bond donors (Lipinski definition) is 1. The van der Waals surface area contributed by atoms with Crippen molar-refractivity contribution in [2.24, 2.45) is 0 Å². The van der Waals surface area contributed by atoms with Crippen LogP contribution in [-0.2, 0) is 6.54 Å². The molecule has 1 N–H and O–H groups in total. The monoisotopic (exact) mass is 320 g/mol. The summed E-state index contributed by atoms with van der Waals surface area (Å²) in [4.78, 5) is 22.9. The average molecular weight is 320 g/mol. The van der Waals surface area contributed by atoms with E-state index in [0.717, 1.165) is 5.56 Å². The number of aromatic nitrogens is 1. The molecule has 3 rings (SSSR count). The Labute approximate surface area is 139 Å². The highest BCUT2D eigenvalue weighted by Crippen LogP contribution is 2.14. The largest absolute Gasteiger partial charge is 0.417 e. The number of hydrogen-bond acceptors (Lipinski definition) is 3. The summed E-state index contributed by atoms with van der Waals surface area (Å²) in [6.07, 6.45) is 2.94. The third kappa shape index (κ3) is 4.33. The summed E-state index contributed by atoms with van der Waals surface area (Å²) in [5.41, 5.74) is 1.70. The van der Waals surface area contributed by atoms with Crippen molar-refractivity contribution in [3.05, 3.63) is 94.9 Å². The Kier molecular flexibility index (Phi) is 4.72. The van der Waals surface area contributed by atoms with Crippen LogP contribution in [0.5, 0.6) is 5.75 Å². The summed E-state index contributed by atoms with van der Waals surface area (Å²) in [7, 11) is 0. The molecule has 1 heterocycles. The third-order valence-electron chi connectivity index (χ3n) is 3.38. The molecule has 1 amide bonds. The van der Waals surface area contributed by atoms with Gasteiger partial charge in [-0.2, -0.15) is 0 Å². The molecule has 0 aliphatic rings. The Hall–Kier alpha value is -3.34. The maximum atomic E-state index is 11.8. The van der Waals surface area contributed by atoms with Crippen molar-refractivity contribution in [3.63, 3.8) is 0 Å². The standard InChI is InChI=1S/C19H16N2O3/c22-17-10-12-21(13-11-17)14-15-6-8-18(9-7-15)24-19(23)20-16-4-2-1-3-5-16/h1-13H,14H2,(H,20,23). The molecule has 1 aromatic heterocycles. The van der Waals surface area contributed by atoms with E-state index in [2.05, 4.69) is 5.32 Å². The smallest absolute Gasteiger partial charge is 0.410 e. The SMILES string of the molecule is O=C(Nc1ccccc1)Oc1ccc(Cn2ccc(=O)cc2)cc1. The lowest BCUT2D eigenvalue weighted by atomic mass is 10.2. The summed E-state index contributed by atoms with van der Waals surface area (Å²) in [6.45, 7) is 0.636. The van der Waals surface area contributed by atoms with Crippen LogP contribution in [0.1, 0.15) is 5.56 Å². The van der Waals surface area contributed by atoms with Crippen LogP contribution in [0.3, 0.4) is 0 Å². The normalized spacial score (nSPS) is 10.2. The van der Waals surface area contributed by atoms with E-state index in [4.69, 9.17) is 4.74 Å². The zero-order valence-electron chi connectivity index (χ0n) is 12.9. The number of pyridine rings is 1. The minimum Gasteiger partial charge on any atom is -0.410 e. The van der Waals surface area contributed by atoms with Crippen LogP contribution in [0.15, 0.2) is 83.9 Å². The van der Waals surface area contributed by atoms with E-state index < -0.39 is 6.09 Å². The maximum absolute atomic E-state index is 11.8. The van der Waals surface area contributed by atoms with Crippen molar-refractivity contribution < 1.29 is 9.53 Å². The first-order valence-electron chi connectivity index (χ1n) is 7.48. The minimum absolute atomic E-state index is 0.0144. The van der Waals surface area contributed by atoms with E-state index in [-0.39, 0.29) is 5.43 Å². The van der Waals surface area contributed by atoms with Crippen molar-refractivity contribution in [2.75, 3.05) is 5.32 Å². The van der Waals surface area contributed by atoms with E-state index in [9.17, 15) is 9.59 Å². The molecule has 0 spiro atoms. The second kappa shape index (κ2) is 7.28. The van der Waals surface area contributed by atoms with E-state index in [0.29, 0.717) is 18.0 Å². The van der Waals surface area contributed by atoms with E-state index in [1.807, 2.05) is 34.9 Å². The molecular weight excluding hydrogens is 304 g/mol. The zero-order valence-corrected chi connectivity index (χ0v) is 12.9. The highest BCUT2D eigenvalue weighted by molar-refractivity contribution is 5.86. The maximum Gasteiger partial charge on any atom is 0.417 e. The molecule has 0 saturated heterocycles. The molecule has 0 radical (unpaired) electrons. The lowest BCUT2D eigenvalue weighted by Crippen LogP contribution is -2.16. The first kappa shape index (κ1) is 15.6. The lowest BCUT2D eigenvalue weighted by Gasteiger charge is -2.08. The van der Waals surface area contributed by atoms with Crippen LogP contribution in [0.25, 0.3) is 0 Å². The molecule has 0 aliphatic heterocycles. The van der Waals surface area contributed by atoms with Gasteiger partial charge in [-0.3, -0.25) is 10.1 Å². The summed E-state index contributed by atoms with van der Waals surface area (Å²) in [6, 6.07) is 19.4. The molecular formula is C19H16N2O3. The molecule has 5 heteroatoms. The van der Waals surface area contributed by atoms with Gasteiger partial charge in [-0.1, -0.05) is 30.3 Å². The van der Waals surface area contributed by atoms with Gasteiger partial charge in [-0.15, -0.1) is 0 Å². The van der Waals surface area contributed by atoms with Crippen molar-refractivity contribution in [3.8, 4) is 5.75 Å². The van der Waals surface area contributed by atoms with E-state index in [1.165, 1.54) is 12.1 Å². The van der Waals surface area contributed by atoms with E-state index >= 15 is 0 Å². The number of para-hydroxylation sites is 1. The van der Waals surface area contributed by atoms with Gasteiger partial charge >= 0.3 is 6.09 Å². The van der Waals surface area contributed by atoms with Crippen LogP contribution in [0.4, 0.5) is 10.5 Å². The van der Waals surface area contributed by atoms with Gasteiger partial charge < -0.3 is 9.30 Å². The van der Waals surface area contributed by atoms with Crippen molar-refractivity contribution in [2.45, 2.75) is 6.54 Å². The van der Waals surface area contributed by atoms with Crippen molar-refractivity contribution in [1.29, 1.82) is 0 Å². The molecule has 0 atom stereocenters. The van der Waals surface area contributed by atoms with Crippen LogP contribution in [0, 0.1) is 0 Å². The van der Waals surface area contributed by atoms with Crippen LogP contribution >= 0.6 is 0 Å². The summed E-state index contributed by atoms with van der Waals surface area (Å²) in [5.74, 6) is 0.465. The number of rotatable bonds is 4. The zero-order chi connectivity index (χ0) is 16.8. The topological polar surface area (TPSA) is 60.3 Å². The third-order valence-corrected chi connectivity index (χ3v) is 3.38. The molecule has 0 bridgehead atoms. The Morgan fingerprint density at radius 2 is 1.58 bits per heavy atom. The number of nitrogens with zero attached hydrogens (tertiary/aromatic N) is 1. The van der Waals surface area contributed by atoms with Crippen LogP contribution < -0.4 is 15.5 Å². The summed E-state index contributed by atoms with van der Waals surface area (Å²) in [5, 5.41) is 2.66. The number of ether oxygens (including phenoxy) is 1. The number of carbonyl (C=O) groups is 1. The second-order valence-electron chi connectivity index (χ2n) is 5.23. The molecule has 3 aromatic rings. The molecule has 5 nitrogen and oxygen atoms in total. The minimum atomic E-state index is -0.533. The van der Waals surface area contributed by atoms with Gasteiger partial charge in [0.2, 0.25) is 0 Å². The summed E-state index contributed by atoms with van der Waals surface area (Å²) >= 11 is 0. The van der Waals surface area contributed by atoms with Gasteiger partial charge in [-0.25, -0.2) is 4.79 Å². The molecule has 0 fully saturated rings. The predicted octanol–water partition coefficient (Wildman–Crippen LogP) is 3.51. The van der Waals surface area contributed by atoms with Gasteiger partial charge in [0.25, 0.3) is 0 Å². The van der Waals surface area contributed by atoms with Gasteiger partial charge in [-0.05, 0) is 29.8 Å². The van der Waals surface area contributed by atoms with Crippen molar-refractivity contribution in [1.82, 2.24) is 4.57 Å². The molecule has 24 heavy (non-hydrogen) atoms. The first-order chi connectivity index (χ1) is 11.7. The van der Waals surface area contributed by atoms with Crippen LogP contribution in [0.2, 0.25) is 0 Å². The number of amides is 1. The first-order valence-corrected chi connectivity index (χ1v) is 7.48. The predicted molar refractivity (Wildman–Crippen MR) is 92.3 cm³/mol. The fraction of sp³-hybridized carbons (Fsp3) is 0.0526. The van der Waals surface area contributed by atoms with Gasteiger partial charge in [0.1, 0.15) is 5.75 Å². The van der Waals surface area contributed by atoms with Gasteiger partial charge in [0.15, 0.2) is 5.43 Å². The van der Waals surface area contributed by atoms with E-state index in [1.54, 1.807) is 36.7 Å². The Morgan fingerprint density at radius 3 is 2.25 bits per heavy atom. The molecule has 2 aromatic carbocycles. The summed E-state index contributed by atoms with van der Waals surface area (Å²) < 4.78 is 7.14. The van der Waals surface area contributed by atoms with Gasteiger partial charge in [0, 0.05) is 36.8 Å². The number of carbonyl (C=O) groups excluding carboxylic acids is 1. The fourth-order valence-corrected chi connectivity index (χ4v) is 2.19. The molecule has 0 unspecified atom stereocenters. The van der Waals surface area contributed by atoms with Gasteiger partial charge in [0.05, 0.1) is 0 Å². The molecule has 0 aliphatic carbocycles. The number of nitrogens with one attached hydrogen (secondary N) is 1. The Morgan fingerprint density at radius 1 is 0.917 bits per heavy atom. The number of anilines is 1. The highest BCUT2D eigenvalue weighted by Gasteiger charge is 2.05. The highest BCUT2D eigenvalue weighted by atomic mass is 16.6. The lowest BCUT2D eigenvalue weighted by molar-refractivity contribution is 0.215. The second-order valence-corrected chi connectivity index (χ2v) is 5.23. The quantitative estimate of drug-likeness (QED) is 0.800. The Balaban J connectivity index is 1.59. The number of benzene rings is 2.